The third kappa shape index (κ3) is 7.23. The first-order valence-corrected chi connectivity index (χ1v) is 11.4. The molecule has 0 fully saturated rings. The van der Waals surface area contributed by atoms with Gasteiger partial charge in [-0.15, -0.1) is 0 Å². The fraction of sp³-hybridized carbons (Fsp3) is 0.423. The number of carbonyl (C=O) groups is 3. The van der Waals surface area contributed by atoms with Gasteiger partial charge in [-0.2, -0.15) is 0 Å². The molecule has 0 heterocycles. The second-order valence-corrected chi connectivity index (χ2v) is 9.18. The standard InChI is InChI=1S/C26H35N3O5/c1-7-18(3)29(22(31)16-27-25(33)34-26(4,5)6)23(19-13-9-11-15-21(19)30)24(32)28-20-14-10-8-12-17(20)2/h8-15,18,23,30H,7,16H2,1-6H3,(H,27,33)(H,28,32). The van der Waals surface area contributed by atoms with E-state index >= 15 is 0 Å². The van der Waals surface area contributed by atoms with E-state index in [4.69, 9.17) is 4.74 Å². The van der Waals surface area contributed by atoms with Crippen LogP contribution in [0.1, 0.15) is 58.2 Å². The summed E-state index contributed by atoms with van der Waals surface area (Å²) in [6.07, 6.45) is -0.173. The van der Waals surface area contributed by atoms with Crippen molar-refractivity contribution in [2.24, 2.45) is 0 Å². The lowest BCUT2D eigenvalue weighted by molar-refractivity contribution is -0.140. The second kappa shape index (κ2) is 11.5. The summed E-state index contributed by atoms with van der Waals surface area (Å²) in [4.78, 5) is 40.5. The van der Waals surface area contributed by atoms with Crippen molar-refractivity contribution in [1.82, 2.24) is 10.2 Å². The number of ether oxygens (including phenoxy) is 1. The normalized spacial score (nSPS) is 12.9. The van der Waals surface area contributed by atoms with Crippen LogP contribution >= 0.6 is 0 Å². The molecule has 8 nitrogen and oxygen atoms in total. The minimum absolute atomic E-state index is 0.103. The van der Waals surface area contributed by atoms with Crippen LogP contribution in [0.4, 0.5) is 10.5 Å². The minimum atomic E-state index is -1.12. The fourth-order valence-corrected chi connectivity index (χ4v) is 3.44. The third-order valence-corrected chi connectivity index (χ3v) is 5.30. The number of nitrogens with zero attached hydrogens (tertiary/aromatic N) is 1. The van der Waals surface area contributed by atoms with Crippen molar-refractivity contribution in [1.29, 1.82) is 0 Å². The van der Waals surface area contributed by atoms with E-state index in [1.54, 1.807) is 51.1 Å². The first kappa shape index (κ1) is 26.7. The maximum Gasteiger partial charge on any atom is 0.408 e. The van der Waals surface area contributed by atoms with Gasteiger partial charge in [0.2, 0.25) is 5.91 Å². The molecule has 2 aromatic carbocycles. The predicted molar refractivity (Wildman–Crippen MR) is 131 cm³/mol. The number of para-hydroxylation sites is 2. The second-order valence-electron chi connectivity index (χ2n) is 9.18. The maximum absolute atomic E-state index is 13.6. The van der Waals surface area contributed by atoms with Gasteiger partial charge in [0, 0.05) is 17.3 Å². The van der Waals surface area contributed by atoms with Crippen molar-refractivity contribution in [3.05, 3.63) is 59.7 Å². The van der Waals surface area contributed by atoms with E-state index < -0.39 is 29.6 Å². The zero-order valence-corrected chi connectivity index (χ0v) is 20.7. The third-order valence-electron chi connectivity index (χ3n) is 5.30. The van der Waals surface area contributed by atoms with Crippen molar-refractivity contribution in [3.63, 3.8) is 0 Å². The molecule has 2 aromatic rings. The lowest BCUT2D eigenvalue weighted by atomic mass is 10.00. The van der Waals surface area contributed by atoms with E-state index in [2.05, 4.69) is 10.6 Å². The van der Waals surface area contributed by atoms with Crippen LogP contribution in [0.15, 0.2) is 48.5 Å². The molecule has 0 saturated carbocycles. The number of carbonyl (C=O) groups excluding carboxylic acids is 3. The van der Waals surface area contributed by atoms with E-state index in [-0.39, 0.29) is 18.3 Å². The molecule has 2 atom stereocenters. The quantitative estimate of drug-likeness (QED) is 0.526. The maximum atomic E-state index is 13.6. The van der Waals surface area contributed by atoms with Gasteiger partial charge in [0.05, 0.1) is 0 Å². The molecular weight excluding hydrogens is 434 g/mol. The Balaban J connectivity index is 2.41. The van der Waals surface area contributed by atoms with E-state index in [0.717, 1.165) is 5.56 Å². The number of phenols is 1. The SMILES string of the molecule is CCC(C)N(C(=O)CNC(=O)OC(C)(C)C)C(C(=O)Nc1ccccc1C)c1ccccc1O. The molecule has 8 heteroatoms. The Morgan fingerprint density at radius 2 is 1.68 bits per heavy atom. The van der Waals surface area contributed by atoms with E-state index in [0.29, 0.717) is 17.7 Å². The van der Waals surface area contributed by atoms with Crippen molar-refractivity contribution < 1.29 is 24.2 Å². The number of anilines is 1. The highest BCUT2D eigenvalue weighted by atomic mass is 16.6. The molecule has 0 radical (unpaired) electrons. The van der Waals surface area contributed by atoms with Crippen LogP contribution < -0.4 is 10.6 Å². The van der Waals surface area contributed by atoms with Gasteiger partial charge in [-0.1, -0.05) is 43.3 Å². The lowest BCUT2D eigenvalue weighted by Gasteiger charge is -2.36. The molecule has 0 aromatic heterocycles. The zero-order chi connectivity index (χ0) is 25.5. The molecule has 0 aliphatic rings. The summed E-state index contributed by atoms with van der Waals surface area (Å²) in [5.41, 5.74) is 1.05. The van der Waals surface area contributed by atoms with Crippen LogP contribution in [0.3, 0.4) is 0 Å². The molecule has 2 unspecified atom stereocenters. The Kier molecular flexibility index (Phi) is 9.06. The fourth-order valence-electron chi connectivity index (χ4n) is 3.44. The zero-order valence-electron chi connectivity index (χ0n) is 20.7. The first-order valence-electron chi connectivity index (χ1n) is 11.4. The predicted octanol–water partition coefficient (Wildman–Crippen LogP) is 4.53. The number of hydrogen-bond acceptors (Lipinski definition) is 5. The van der Waals surface area contributed by atoms with Crippen LogP contribution in [0, 0.1) is 6.92 Å². The number of alkyl carbamates (subject to hydrolysis) is 1. The summed E-state index contributed by atoms with van der Waals surface area (Å²) < 4.78 is 5.22. The molecule has 34 heavy (non-hydrogen) atoms. The van der Waals surface area contributed by atoms with E-state index in [1.165, 1.54) is 11.0 Å². The summed E-state index contributed by atoms with van der Waals surface area (Å²) in [6, 6.07) is 12.3. The lowest BCUT2D eigenvalue weighted by Crippen LogP contribution is -2.50. The van der Waals surface area contributed by atoms with Gasteiger partial charge in [-0.05, 0) is 58.7 Å². The summed E-state index contributed by atoms with van der Waals surface area (Å²) in [6.45, 7) is 10.4. The number of hydrogen-bond donors (Lipinski definition) is 3. The summed E-state index contributed by atoms with van der Waals surface area (Å²) in [5.74, 6) is -1.05. The van der Waals surface area contributed by atoms with Gasteiger partial charge in [-0.3, -0.25) is 9.59 Å². The average molecular weight is 470 g/mol. The molecule has 3 N–H and O–H groups in total. The summed E-state index contributed by atoms with van der Waals surface area (Å²) >= 11 is 0. The average Bonchev–Trinajstić information content (AvgIpc) is 2.76. The smallest absolute Gasteiger partial charge is 0.408 e. The highest BCUT2D eigenvalue weighted by Gasteiger charge is 2.36. The topological polar surface area (TPSA) is 108 Å². The molecule has 0 aliphatic carbocycles. The van der Waals surface area contributed by atoms with E-state index in [9.17, 15) is 19.5 Å². The number of aromatic hydroxyl groups is 1. The Morgan fingerprint density at radius 3 is 2.26 bits per heavy atom. The Bertz CT molecular complexity index is 1020. The van der Waals surface area contributed by atoms with Crippen LogP contribution in [-0.2, 0) is 14.3 Å². The van der Waals surface area contributed by atoms with Crippen molar-refractivity contribution in [3.8, 4) is 5.75 Å². The van der Waals surface area contributed by atoms with Crippen molar-refractivity contribution in [2.45, 2.75) is 65.6 Å². The number of aryl methyl sites for hydroxylation is 1. The van der Waals surface area contributed by atoms with Crippen LogP contribution in [0.5, 0.6) is 5.75 Å². The number of phenolic OH excluding ortho intramolecular Hbond substituents is 1. The Morgan fingerprint density at radius 1 is 1.06 bits per heavy atom. The Labute approximate surface area is 201 Å². The summed E-state index contributed by atoms with van der Waals surface area (Å²) in [5, 5.41) is 15.9. The van der Waals surface area contributed by atoms with Crippen LogP contribution in [-0.4, -0.2) is 46.1 Å². The molecule has 0 saturated heterocycles. The van der Waals surface area contributed by atoms with Gasteiger partial charge >= 0.3 is 6.09 Å². The van der Waals surface area contributed by atoms with Gasteiger partial charge in [-0.25, -0.2) is 4.79 Å². The first-order chi connectivity index (χ1) is 15.9. The van der Waals surface area contributed by atoms with Crippen molar-refractivity contribution >= 4 is 23.6 Å². The van der Waals surface area contributed by atoms with Crippen LogP contribution in [0.25, 0.3) is 0 Å². The molecule has 0 bridgehead atoms. The number of benzene rings is 2. The molecule has 0 spiro atoms. The molecule has 3 amide bonds. The van der Waals surface area contributed by atoms with Crippen LogP contribution in [0.2, 0.25) is 0 Å². The molecule has 2 rings (SSSR count). The molecular formula is C26H35N3O5. The molecule has 0 aliphatic heterocycles. The highest BCUT2D eigenvalue weighted by Crippen LogP contribution is 2.32. The van der Waals surface area contributed by atoms with Crippen molar-refractivity contribution in [2.75, 3.05) is 11.9 Å². The number of amides is 3. The number of rotatable bonds is 8. The highest BCUT2D eigenvalue weighted by molar-refractivity contribution is 5.99. The monoisotopic (exact) mass is 469 g/mol. The molecule has 184 valence electrons. The largest absolute Gasteiger partial charge is 0.508 e. The minimum Gasteiger partial charge on any atom is -0.508 e. The van der Waals surface area contributed by atoms with Gasteiger partial charge in [0.25, 0.3) is 5.91 Å². The van der Waals surface area contributed by atoms with Gasteiger partial charge < -0.3 is 25.4 Å². The number of nitrogens with one attached hydrogen (secondary N) is 2. The Hall–Kier alpha value is -3.55. The van der Waals surface area contributed by atoms with E-state index in [1.807, 2.05) is 32.9 Å². The van der Waals surface area contributed by atoms with Gasteiger partial charge in [0.15, 0.2) is 0 Å². The van der Waals surface area contributed by atoms with Gasteiger partial charge in [0.1, 0.15) is 23.9 Å². The summed E-state index contributed by atoms with van der Waals surface area (Å²) in [7, 11) is 0.